The lowest BCUT2D eigenvalue weighted by atomic mass is 9.93. The molecule has 2 aromatic carbocycles. The summed E-state index contributed by atoms with van der Waals surface area (Å²) in [5.74, 6) is 1.06. The van der Waals surface area contributed by atoms with E-state index in [0.29, 0.717) is 29.3 Å². The molecule has 0 fully saturated rings. The third kappa shape index (κ3) is 4.01. The van der Waals surface area contributed by atoms with Gasteiger partial charge in [-0.2, -0.15) is 0 Å². The zero-order valence-electron chi connectivity index (χ0n) is 15.4. The molecule has 1 heterocycles. The Labute approximate surface area is 163 Å². The number of anilines is 1. The standard InChI is InChI=1S/C22H22N2O4/c25-21(16-6-2-1-3-7-16)24-18-9-5-4-8-17(18)22(26)23-13-15-10-11-19-20(12-15)28-14-27-19/h1-2,4-5,8-12,16H,3,6-7,13-14H2,(H,23,26)(H,24,25). The number of ether oxygens (including phenoxy) is 2. The van der Waals surface area contributed by atoms with Crippen LogP contribution in [0.1, 0.15) is 35.2 Å². The van der Waals surface area contributed by atoms with Gasteiger partial charge in [-0.3, -0.25) is 9.59 Å². The van der Waals surface area contributed by atoms with Gasteiger partial charge in [0.15, 0.2) is 11.5 Å². The fourth-order valence-corrected chi connectivity index (χ4v) is 3.39. The summed E-state index contributed by atoms with van der Waals surface area (Å²) in [6.45, 7) is 0.570. The molecule has 2 N–H and O–H groups in total. The average molecular weight is 378 g/mol. The maximum atomic E-state index is 12.7. The number of nitrogens with one attached hydrogen (secondary N) is 2. The Hall–Kier alpha value is -3.28. The van der Waals surface area contributed by atoms with Crippen molar-refractivity contribution in [2.24, 2.45) is 5.92 Å². The lowest BCUT2D eigenvalue weighted by Gasteiger charge is -2.18. The molecule has 6 nitrogen and oxygen atoms in total. The highest BCUT2D eigenvalue weighted by Gasteiger charge is 2.21. The number of benzene rings is 2. The first-order valence-corrected chi connectivity index (χ1v) is 9.42. The second-order valence-corrected chi connectivity index (χ2v) is 6.89. The molecule has 28 heavy (non-hydrogen) atoms. The number of amides is 2. The quantitative estimate of drug-likeness (QED) is 0.779. The van der Waals surface area contributed by atoms with E-state index in [-0.39, 0.29) is 24.5 Å². The topological polar surface area (TPSA) is 76.7 Å². The van der Waals surface area contributed by atoms with Gasteiger partial charge in [-0.05, 0) is 49.1 Å². The van der Waals surface area contributed by atoms with Gasteiger partial charge in [-0.25, -0.2) is 0 Å². The van der Waals surface area contributed by atoms with Crippen LogP contribution >= 0.6 is 0 Å². The Morgan fingerprint density at radius 3 is 2.75 bits per heavy atom. The van der Waals surface area contributed by atoms with Crippen molar-refractivity contribution in [2.75, 3.05) is 12.1 Å². The molecule has 0 saturated carbocycles. The van der Waals surface area contributed by atoms with Crippen molar-refractivity contribution in [3.05, 3.63) is 65.7 Å². The van der Waals surface area contributed by atoms with E-state index in [9.17, 15) is 9.59 Å². The Bertz CT molecular complexity index is 923. The van der Waals surface area contributed by atoms with Crippen molar-refractivity contribution < 1.29 is 19.1 Å². The van der Waals surface area contributed by atoms with Gasteiger partial charge in [-0.1, -0.05) is 30.4 Å². The van der Waals surface area contributed by atoms with Gasteiger partial charge in [0.1, 0.15) is 0 Å². The molecule has 1 aliphatic carbocycles. The number of fused-ring (bicyclic) bond motifs is 1. The molecule has 1 aliphatic heterocycles. The molecule has 6 heteroatoms. The van der Waals surface area contributed by atoms with E-state index >= 15 is 0 Å². The van der Waals surface area contributed by atoms with Crippen LogP contribution in [0.5, 0.6) is 11.5 Å². The van der Waals surface area contributed by atoms with Gasteiger partial charge in [0.05, 0.1) is 11.3 Å². The van der Waals surface area contributed by atoms with Crippen LogP contribution in [-0.4, -0.2) is 18.6 Å². The van der Waals surface area contributed by atoms with E-state index in [0.717, 1.165) is 24.8 Å². The monoisotopic (exact) mass is 378 g/mol. The van der Waals surface area contributed by atoms with E-state index in [4.69, 9.17) is 9.47 Å². The maximum Gasteiger partial charge on any atom is 0.253 e. The molecule has 1 atom stereocenters. The number of rotatable bonds is 5. The van der Waals surface area contributed by atoms with Gasteiger partial charge in [0, 0.05) is 12.5 Å². The van der Waals surface area contributed by atoms with Crippen molar-refractivity contribution in [2.45, 2.75) is 25.8 Å². The molecule has 2 amide bonds. The Kier molecular flexibility index (Phi) is 5.28. The smallest absolute Gasteiger partial charge is 0.253 e. The van der Waals surface area contributed by atoms with Crippen LogP contribution < -0.4 is 20.1 Å². The van der Waals surface area contributed by atoms with Crippen LogP contribution in [0.3, 0.4) is 0 Å². The summed E-state index contributed by atoms with van der Waals surface area (Å²) in [6.07, 6.45) is 6.62. The van der Waals surface area contributed by atoms with Crippen LogP contribution in [0.25, 0.3) is 0 Å². The second kappa shape index (κ2) is 8.17. The Morgan fingerprint density at radius 2 is 1.89 bits per heavy atom. The first-order chi connectivity index (χ1) is 13.7. The molecule has 2 aliphatic rings. The SMILES string of the molecule is O=C(NCc1ccc2c(c1)OCO2)c1ccccc1NC(=O)C1CC=CCC1. The first kappa shape index (κ1) is 18.1. The summed E-state index contributed by atoms with van der Waals surface area (Å²) in [5.41, 5.74) is 1.89. The average Bonchev–Trinajstić information content (AvgIpc) is 3.21. The number of para-hydroxylation sites is 1. The van der Waals surface area contributed by atoms with Gasteiger partial charge in [0.25, 0.3) is 5.91 Å². The van der Waals surface area contributed by atoms with E-state index in [1.54, 1.807) is 18.2 Å². The van der Waals surface area contributed by atoms with Crippen molar-refractivity contribution in [1.82, 2.24) is 5.32 Å². The predicted molar refractivity (Wildman–Crippen MR) is 105 cm³/mol. The van der Waals surface area contributed by atoms with E-state index in [1.165, 1.54) is 0 Å². The van der Waals surface area contributed by atoms with Gasteiger partial charge in [-0.15, -0.1) is 0 Å². The minimum atomic E-state index is -0.239. The second-order valence-electron chi connectivity index (χ2n) is 6.89. The van der Waals surface area contributed by atoms with Crippen LogP contribution in [0, 0.1) is 5.92 Å². The number of carbonyl (C=O) groups excluding carboxylic acids is 2. The number of allylic oxidation sites excluding steroid dienone is 2. The highest BCUT2D eigenvalue weighted by Crippen LogP contribution is 2.32. The normalized spacial score (nSPS) is 17.2. The third-order valence-corrected chi connectivity index (χ3v) is 4.96. The molecular formula is C22H22N2O4. The number of hydrogen-bond acceptors (Lipinski definition) is 4. The minimum Gasteiger partial charge on any atom is -0.454 e. The summed E-state index contributed by atoms with van der Waals surface area (Å²) in [4.78, 5) is 25.2. The lowest BCUT2D eigenvalue weighted by Crippen LogP contribution is -2.27. The molecule has 1 unspecified atom stereocenters. The van der Waals surface area contributed by atoms with Gasteiger partial charge >= 0.3 is 0 Å². The van der Waals surface area contributed by atoms with Crippen LogP contribution in [0.2, 0.25) is 0 Å². The van der Waals surface area contributed by atoms with Crippen LogP contribution in [-0.2, 0) is 11.3 Å². The van der Waals surface area contributed by atoms with Gasteiger partial charge < -0.3 is 20.1 Å². The van der Waals surface area contributed by atoms with Crippen LogP contribution in [0.15, 0.2) is 54.6 Å². The lowest BCUT2D eigenvalue weighted by molar-refractivity contribution is -0.120. The number of carbonyl (C=O) groups is 2. The van der Waals surface area contributed by atoms with Crippen molar-refractivity contribution >= 4 is 17.5 Å². The summed E-state index contributed by atoms with van der Waals surface area (Å²) >= 11 is 0. The summed E-state index contributed by atoms with van der Waals surface area (Å²) in [5, 5.41) is 5.82. The molecule has 0 aromatic heterocycles. The molecule has 4 rings (SSSR count). The van der Waals surface area contributed by atoms with E-state index in [1.807, 2.05) is 30.3 Å². The molecular weight excluding hydrogens is 356 g/mol. The Morgan fingerprint density at radius 1 is 1.04 bits per heavy atom. The fourth-order valence-electron chi connectivity index (χ4n) is 3.39. The summed E-state index contributed by atoms with van der Waals surface area (Å²) < 4.78 is 10.7. The van der Waals surface area contributed by atoms with Crippen molar-refractivity contribution in [1.29, 1.82) is 0 Å². The Balaban J connectivity index is 1.41. The first-order valence-electron chi connectivity index (χ1n) is 9.42. The number of hydrogen-bond donors (Lipinski definition) is 2. The highest BCUT2D eigenvalue weighted by atomic mass is 16.7. The third-order valence-electron chi connectivity index (χ3n) is 4.96. The molecule has 144 valence electrons. The highest BCUT2D eigenvalue weighted by molar-refractivity contribution is 6.04. The summed E-state index contributed by atoms with van der Waals surface area (Å²) in [6, 6.07) is 12.6. The van der Waals surface area contributed by atoms with Crippen molar-refractivity contribution in [3.63, 3.8) is 0 Å². The van der Waals surface area contributed by atoms with Crippen molar-refractivity contribution in [3.8, 4) is 11.5 Å². The fraction of sp³-hybridized carbons (Fsp3) is 0.273. The zero-order chi connectivity index (χ0) is 19.3. The minimum absolute atomic E-state index is 0.0413. The van der Waals surface area contributed by atoms with Gasteiger partial charge in [0.2, 0.25) is 12.7 Å². The molecule has 0 radical (unpaired) electrons. The van der Waals surface area contributed by atoms with E-state index in [2.05, 4.69) is 16.7 Å². The largest absolute Gasteiger partial charge is 0.454 e. The molecule has 0 bridgehead atoms. The van der Waals surface area contributed by atoms with E-state index < -0.39 is 0 Å². The molecule has 0 spiro atoms. The molecule has 0 saturated heterocycles. The maximum absolute atomic E-state index is 12.7. The predicted octanol–water partition coefficient (Wildman–Crippen LogP) is 3.64. The van der Waals surface area contributed by atoms with Crippen LogP contribution in [0.4, 0.5) is 5.69 Å². The zero-order valence-corrected chi connectivity index (χ0v) is 15.4. The summed E-state index contributed by atoms with van der Waals surface area (Å²) in [7, 11) is 0. The molecule has 2 aromatic rings.